The summed E-state index contributed by atoms with van der Waals surface area (Å²) < 4.78 is 61.3. The van der Waals surface area contributed by atoms with Crippen molar-refractivity contribution < 1.29 is 27.4 Å². The Hall–Kier alpha value is -2.91. The van der Waals surface area contributed by atoms with Gasteiger partial charge in [-0.2, -0.15) is 13.2 Å². The van der Waals surface area contributed by atoms with E-state index in [-0.39, 0.29) is 33.8 Å². The lowest BCUT2D eigenvalue weighted by Gasteiger charge is -2.31. The van der Waals surface area contributed by atoms with E-state index in [1.807, 2.05) is 0 Å². The minimum absolute atomic E-state index is 0.0697. The number of pyridine rings is 1. The molecule has 5 nitrogen and oxygen atoms in total. The predicted octanol–water partition coefficient (Wildman–Crippen LogP) is 5.91. The molecule has 176 valence electrons. The van der Waals surface area contributed by atoms with E-state index in [0.29, 0.717) is 11.8 Å². The Morgan fingerprint density at radius 3 is 2.61 bits per heavy atom. The van der Waals surface area contributed by atoms with Crippen LogP contribution in [0.4, 0.5) is 23.2 Å². The van der Waals surface area contributed by atoms with E-state index in [1.165, 1.54) is 13.2 Å². The summed E-state index contributed by atoms with van der Waals surface area (Å²) in [6, 6.07) is 9.14. The molecule has 0 aliphatic carbocycles. The van der Waals surface area contributed by atoms with Gasteiger partial charge in [-0.3, -0.25) is 9.79 Å². The summed E-state index contributed by atoms with van der Waals surface area (Å²) in [5.41, 5.74) is -3.52. The number of aliphatic hydroxyl groups is 1. The summed E-state index contributed by atoms with van der Waals surface area (Å²) in [4.78, 5) is 17.7. The molecule has 1 heterocycles. The Morgan fingerprint density at radius 1 is 1.24 bits per heavy atom. The smallest absolute Gasteiger partial charge is 0.422 e. The van der Waals surface area contributed by atoms with Crippen molar-refractivity contribution in [2.75, 3.05) is 7.11 Å². The maximum atomic E-state index is 14.0. The summed E-state index contributed by atoms with van der Waals surface area (Å²) in [5, 5.41) is 11.1. The van der Waals surface area contributed by atoms with E-state index < -0.39 is 35.5 Å². The molecule has 3 aromatic rings. The number of benzene rings is 2. The van der Waals surface area contributed by atoms with Crippen molar-refractivity contribution in [2.45, 2.75) is 37.5 Å². The van der Waals surface area contributed by atoms with Gasteiger partial charge in [-0.1, -0.05) is 30.7 Å². The number of ether oxygens (including phenoxy) is 1. The van der Waals surface area contributed by atoms with Gasteiger partial charge in [0, 0.05) is 23.7 Å². The van der Waals surface area contributed by atoms with Crippen LogP contribution >= 0.6 is 11.6 Å². The fourth-order valence-corrected chi connectivity index (χ4v) is 3.91. The first-order valence-electron chi connectivity index (χ1n) is 9.98. The van der Waals surface area contributed by atoms with Crippen LogP contribution in [-0.4, -0.2) is 35.2 Å². The van der Waals surface area contributed by atoms with Gasteiger partial charge >= 0.3 is 6.18 Å². The summed E-state index contributed by atoms with van der Waals surface area (Å²) in [6.45, 7) is 1.68. The van der Waals surface area contributed by atoms with E-state index in [9.17, 15) is 27.5 Å². The van der Waals surface area contributed by atoms with E-state index in [0.717, 1.165) is 18.2 Å². The zero-order valence-electron chi connectivity index (χ0n) is 17.7. The topological polar surface area (TPSA) is 74.7 Å². The van der Waals surface area contributed by atoms with Gasteiger partial charge in [0.1, 0.15) is 11.6 Å². The Kier molecular flexibility index (Phi) is 7.14. The summed E-state index contributed by atoms with van der Waals surface area (Å²) >= 11 is 6.12. The number of rotatable bonds is 7. The van der Waals surface area contributed by atoms with Gasteiger partial charge < -0.3 is 14.8 Å². The van der Waals surface area contributed by atoms with Crippen molar-refractivity contribution in [1.29, 1.82) is 0 Å². The summed E-state index contributed by atoms with van der Waals surface area (Å²) in [5.74, 6) is -1.35. The molecule has 10 heteroatoms. The quantitative estimate of drug-likeness (QED) is 0.323. The normalized spacial score (nSPS) is 15.0. The highest BCUT2D eigenvalue weighted by atomic mass is 35.5. The molecule has 2 aromatic carbocycles. The minimum Gasteiger partial charge on any atom is -0.495 e. The molecule has 33 heavy (non-hydrogen) atoms. The number of aromatic nitrogens is 1. The second-order valence-corrected chi connectivity index (χ2v) is 7.97. The number of hydrogen-bond acceptors (Lipinski definition) is 4. The van der Waals surface area contributed by atoms with Gasteiger partial charge in [0.15, 0.2) is 5.60 Å². The van der Waals surface area contributed by atoms with Crippen LogP contribution in [0.5, 0.6) is 5.75 Å². The van der Waals surface area contributed by atoms with Crippen molar-refractivity contribution in [3.63, 3.8) is 0 Å². The first-order chi connectivity index (χ1) is 15.5. The molecule has 0 spiro atoms. The Morgan fingerprint density at radius 2 is 1.97 bits per heavy atom. The number of nitrogens with zero attached hydrogens (tertiary/aromatic N) is 1. The maximum absolute atomic E-state index is 14.0. The largest absolute Gasteiger partial charge is 0.495 e. The third kappa shape index (κ3) is 5.20. The van der Waals surface area contributed by atoms with E-state index >= 15 is 0 Å². The molecule has 2 N–H and O–H groups in total. The van der Waals surface area contributed by atoms with Gasteiger partial charge in [0.05, 0.1) is 23.3 Å². The average molecular weight is 485 g/mol. The van der Waals surface area contributed by atoms with Crippen LogP contribution in [0, 0.1) is 5.82 Å². The minimum atomic E-state index is -5.08. The van der Waals surface area contributed by atoms with Gasteiger partial charge in [0.2, 0.25) is 5.56 Å². The fraction of sp³-hybridized carbons (Fsp3) is 0.304. The Bertz CT molecular complexity index is 1240. The van der Waals surface area contributed by atoms with Crippen LogP contribution in [0.1, 0.15) is 31.2 Å². The summed E-state index contributed by atoms with van der Waals surface area (Å²) in [6.07, 6.45) is -5.23. The van der Waals surface area contributed by atoms with Gasteiger partial charge in [-0.15, -0.1) is 0 Å². The van der Waals surface area contributed by atoms with E-state index in [1.54, 1.807) is 25.1 Å². The van der Waals surface area contributed by atoms with Crippen molar-refractivity contribution in [3.8, 4) is 5.75 Å². The van der Waals surface area contributed by atoms with Crippen LogP contribution in [0.25, 0.3) is 10.9 Å². The monoisotopic (exact) mass is 484 g/mol. The molecule has 2 unspecified atom stereocenters. The standard InChI is InChI=1S/C23H21ClF4N2O3/c1-3-13(15-5-4-6-17(24)21(15)33-2)11-22(32,23(26,27)28)12-29-18-9-14(25)10-19-16(18)7-8-20(31)30-19/h4-10,12-13,32H,3,11H2,1-2H3,(H,30,31). The van der Waals surface area contributed by atoms with Crippen molar-refractivity contribution >= 4 is 34.4 Å². The number of hydrogen-bond donors (Lipinski definition) is 2. The highest BCUT2D eigenvalue weighted by Gasteiger charge is 2.53. The van der Waals surface area contributed by atoms with Crippen molar-refractivity contribution in [2.24, 2.45) is 4.99 Å². The number of H-pyrrole nitrogens is 1. The maximum Gasteiger partial charge on any atom is 0.422 e. The number of fused-ring (bicyclic) bond motifs is 1. The zero-order chi connectivity index (χ0) is 24.4. The van der Waals surface area contributed by atoms with Crippen LogP contribution < -0.4 is 10.3 Å². The lowest BCUT2D eigenvalue weighted by Crippen LogP contribution is -2.47. The lowest BCUT2D eigenvalue weighted by molar-refractivity contribution is -0.232. The highest BCUT2D eigenvalue weighted by molar-refractivity contribution is 6.32. The Labute approximate surface area is 191 Å². The number of nitrogens with one attached hydrogen (secondary N) is 1. The number of aromatic amines is 1. The van der Waals surface area contributed by atoms with Crippen molar-refractivity contribution in [1.82, 2.24) is 4.98 Å². The SMILES string of the molecule is CCC(CC(O)(C=Nc1cc(F)cc2[nH]c(=O)ccc12)C(F)(F)F)c1cccc(Cl)c1OC. The number of aliphatic imine (C=N–C) groups is 1. The molecule has 0 aliphatic heterocycles. The van der Waals surface area contributed by atoms with E-state index in [2.05, 4.69) is 9.98 Å². The zero-order valence-corrected chi connectivity index (χ0v) is 18.5. The molecule has 0 saturated carbocycles. The molecular formula is C23H21ClF4N2O3. The molecular weight excluding hydrogens is 464 g/mol. The molecule has 0 saturated heterocycles. The summed E-state index contributed by atoms with van der Waals surface area (Å²) in [7, 11) is 1.36. The Balaban J connectivity index is 2.06. The van der Waals surface area contributed by atoms with Gasteiger partial charge in [-0.05, 0) is 42.5 Å². The molecule has 3 rings (SSSR count). The molecule has 2 atom stereocenters. The molecule has 0 radical (unpaired) electrons. The molecule has 1 aromatic heterocycles. The van der Waals surface area contributed by atoms with Crippen LogP contribution in [0.3, 0.4) is 0 Å². The molecule has 0 bridgehead atoms. The second kappa shape index (κ2) is 9.52. The molecule has 0 aliphatic rings. The first-order valence-corrected chi connectivity index (χ1v) is 10.4. The van der Waals surface area contributed by atoms with Crippen LogP contribution in [0.2, 0.25) is 5.02 Å². The van der Waals surface area contributed by atoms with Gasteiger partial charge in [-0.25, -0.2) is 4.39 Å². The van der Waals surface area contributed by atoms with Crippen LogP contribution in [-0.2, 0) is 0 Å². The predicted molar refractivity (Wildman–Crippen MR) is 119 cm³/mol. The number of para-hydroxylation sites is 1. The number of alkyl halides is 3. The highest BCUT2D eigenvalue weighted by Crippen LogP contribution is 2.43. The molecule has 0 fully saturated rings. The molecule has 0 amide bonds. The third-order valence-electron chi connectivity index (χ3n) is 5.38. The fourth-order valence-electron chi connectivity index (χ4n) is 3.65. The number of halogens is 5. The van der Waals surface area contributed by atoms with Gasteiger partial charge in [0.25, 0.3) is 0 Å². The first kappa shape index (κ1) is 24.7. The number of methoxy groups -OCH3 is 1. The van der Waals surface area contributed by atoms with E-state index in [4.69, 9.17) is 16.3 Å². The van der Waals surface area contributed by atoms with Crippen LogP contribution in [0.15, 0.2) is 52.3 Å². The van der Waals surface area contributed by atoms with Crippen molar-refractivity contribution in [3.05, 3.63) is 69.2 Å². The third-order valence-corrected chi connectivity index (χ3v) is 5.68. The average Bonchev–Trinajstić information content (AvgIpc) is 2.74. The second-order valence-electron chi connectivity index (χ2n) is 7.56. The lowest BCUT2D eigenvalue weighted by atomic mass is 9.84.